The SMILES string of the molecule is Cc1cn2nc([C@@H]3CCCCN3C(=O)c3nc[nH]c3Br)cc2nc1N1CC[C@H](N)C1. The molecule has 2 saturated heterocycles. The molecule has 3 aromatic rings. The van der Waals surface area contributed by atoms with Gasteiger partial charge in [-0.05, 0) is 48.5 Å². The minimum atomic E-state index is -0.0829. The average Bonchev–Trinajstić information content (AvgIpc) is 3.46. The molecule has 30 heavy (non-hydrogen) atoms. The Morgan fingerprint density at radius 3 is 2.90 bits per heavy atom. The van der Waals surface area contributed by atoms with E-state index in [1.165, 1.54) is 6.33 Å². The smallest absolute Gasteiger partial charge is 0.275 e. The molecule has 0 saturated carbocycles. The topological polar surface area (TPSA) is 108 Å². The number of aromatic nitrogens is 5. The van der Waals surface area contributed by atoms with Gasteiger partial charge in [-0.25, -0.2) is 14.5 Å². The highest BCUT2D eigenvalue weighted by Crippen LogP contribution is 2.33. The molecule has 0 radical (unpaired) electrons. The summed E-state index contributed by atoms with van der Waals surface area (Å²) in [5.41, 5.74) is 9.24. The zero-order valence-electron chi connectivity index (χ0n) is 16.9. The van der Waals surface area contributed by atoms with Gasteiger partial charge in [0.15, 0.2) is 11.3 Å². The summed E-state index contributed by atoms with van der Waals surface area (Å²) in [6, 6.07) is 2.13. The molecule has 2 fully saturated rings. The lowest BCUT2D eigenvalue weighted by atomic mass is 9.99. The minimum Gasteiger partial charge on any atom is -0.355 e. The van der Waals surface area contributed by atoms with Crippen LogP contribution in [0.5, 0.6) is 0 Å². The van der Waals surface area contributed by atoms with Gasteiger partial charge in [0.25, 0.3) is 5.91 Å². The highest BCUT2D eigenvalue weighted by atomic mass is 79.9. The van der Waals surface area contributed by atoms with Crippen LogP contribution in [-0.2, 0) is 0 Å². The standard InChI is InChI=1S/C20H25BrN8O/c1-12-9-29-16(25-19(12)27-7-5-13(22)10-27)8-14(26-29)15-4-2-3-6-28(15)20(30)17-18(21)24-11-23-17/h8-9,11,13,15H,2-7,10,22H2,1H3,(H,23,24)/t13-,15-/m0/s1. The first-order chi connectivity index (χ1) is 14.5. The number of nitrogens with zero attached hydrogens (tertiary/aromatic N) is 6. The first-order valence-electron chi connectivity index (χ1n) is 10.4. The highest BCUT2D eigenvalue weighted by molar-refractivity contribution is 9.10. The number of likely N-dealkylation sites (tertiary alicyclic amines) is 1. The van der Waals surface area contributed by atoms with E-state index < -0.39 is 0 Å². The van der Waals surface area contributed by atoms with Crippen molar-refractivity contribution >= 4 is 33.3 Å². The molecule has 158 valence electrons. The van der Waals surface area contributed by atoms with Gasteiger partial charge >= 0.3 is 0 Å². The Morgan fingerprint density at radius 2 is 2.17 bits per heavy atom. The van der Waals surface area contributed by atoms with Crippen molar-refractivity contribution < 1.29 is 4.79 Å². The van der Waals surface area contributed by atoms with Crippen molar-refractivity contribution in [2.45, 2.75) is 44.7 Å². The lowest BCUT2D eigenvalue weighted by Gasteiger charge is -2.34. The molecule has 0 aliphatic carbocycles. The van der Waals surface area contributed by atoms with Gasteiger partial charge in [0.2, 0.25) is 0 Å². The van der Waals surface area contributed by atoms with E-state index in [9.17, 15) is 4.79 Å². The van der Waals surface area contributed by atoms with Crippen LogP contribution in [0.25, 0.3) is 5.65 Å². The van der Waals surface area contributed by atoms with Gasteiger partial charge in [-0.15, -0.1) is 0 Å². The first kappa shape index (κ1) is 19.5. The number of rotatable bonds is 3. The van der Waals surface area contributed by atoms with Crippen LogP contribution in [0.1, 0.15) is 53.5 Å². The molecule has 2 aliphatic heterocycles. The number of nitrogens with two attached hydrogens (primary N) is 1. The van der Waals surface area contributed by atoms with Crippen LogP contribution in [0, 0.1) is 6.92 Å². The van der Waals surface area contributed by atoms with Crippen LogP contribution in [0.2, 0.25) is 0 Å². The van der Waals surface area contributed by atoms with Gasteiger partial charge in [-0.3, -0.25) is 4.79 Å². The number of anilines is 1. The summed E-state index contributed by atoms with van der Waals surface area (Å²) in [7, 11) is 0. The average molecular weight is 473 g/mol. The van der Waals surface area contributed by atoms with Crippen molar-refractivity contribution in [2.75, 3.05) is 24.5 Å². The molecule has 0 aromatic carbocycles. The van der Waals surface area contributed by atoms with Gasteiger partial charge in [0, 0.05) is 43.5 Å². The van der Waals surface area contributed by atoms with Crippen molar-refractivity contribution in [3.8, 4) is 0 Å². The number of carbonyl (C=O) groups is 1. The summed E-state index contributed by atoms with van der Waals surface area (Å²) in [5, 5.41) is 4.79. The van der Waals surface area contributed by atoms with E-state index in [4.69, 9.17) is 15.8 Å². The van der Waals surface area contributed by atoms with Gasteiger partial charge in [-0.2, -0.15) is 5.10 Å². The second-order valence-corrected chi connectivity index (χ2v) is 8.98. The van der Waals surface area contributed by atoms with Crippen molar-refractivity contribution in [3.63, 3.8) is 0 Å². The number of hydrogen-bond acceptors (Lipinski definition) is 6. The van der Waals surface area contributed by atoms with Crippen LogP contribution >= 0.6 is 15.9 Å². The van der Waals surface area contributed by atoms with Gasteiger partial charge in [-0.1, -0.05) is 0 Å². The Hall–Kier alpha value is -2.46. The van der Waals surface area contributed by atoms with E-state index in [0.717, 1.165) is 61.5 Å². The fourth-order valence-corrected chi connectivity index (χ4v) is 4.90. The van der Waals surface area contributed by atoms with Crippen molar-refractivity contribution in [3.05, 3.63) is 40.1 Å². The summed E-state index contributed by atoms with van der Waals surface area (Å²) in [6.07, 6.45) is 7.45. The fraction of sp³-hybridized carbons (Fsp3) is 0.500. The number of hydrogen-bond donors (Lipinski definition) is 2. The monoisotopic (exact) mass is 472 g/mol. The van der Waals surface area contributed by atoms with Crippen LogP contribution in [0.4, 0.5) is 5.82 Å². The third kappa shape index (κ3) is 3.37. The molecule has 1 amide bonds. The first-order valence-corrected chi connectivity index (χ1v) is 11.2. The van der Waals surface area contributed by atoms with E-state index >= 15 is 0 Å². The van der Waals surface area contributed by atoms with E-state index in [2.05, 4.69) is 37.7 Å². The van der Waals surface area contributed by atoms with Crippen LogP contribution < -0.4 is 10.6 Å². The van der Waals surface area contributed by atoms with E-state index in [1.54, 1.807) is 0 Å². The van der Waals surface area contributed by atoms with Crippen LogP contribution in [0.15, 0.2) is 23.2 Å². The number of piperidine rings is 1. The van der Waals surface area contributed by atoms with Crippen LogP contribution in [0.3, 0.4) is 0 Å². The Morgan fingerprint density at radius 1 is 1.30 bits per heavy atom. The molecule has 10 heteroatoms. The largest absolute Gasteiger partial charge is 0.355 e. The molecule has 2 aliphatic rings. The third-order valence-electron chi connectivity index (χ3n) is 6.05. The summed E-state index contributed by atoms with van der Waals surface area (Å²) in [6.45, 7) is 4.50. The maximum absolute atomic E-state index is 13.1. The number of aromatic amines is 1. The molecule has 0 unspecified atom stereocenters. The molecule has 0 bridgehead atoms. The van der Waals surface area contributed by atoms with E-state index in [-0.39, 0.29) is 18.0 Å². The molecular formula is C20H25BrN8O. The van der Waals surface area contributed by atoms with E-state index in [1.807, 2.05) is 21.7 Å². The Balaban J connectivity index is 1.48. The Labute approximate surface area is 182 Å². The predicted molar refractivity (Wildman–Crippen MR) is 116 cm³/mol. The number of carbonyl (C=O) groups excluding carboxylic acids is 1. The summed E-state index contributed by atoms with van der Waals surface area (Å²) in [5.74, 6) is 0.889. The molecule has 3 aromatic heterocycles. The van der Waals surface area contributed by atoms with Crippen molar-refractivity contribution in [1.82, 2.24) is 29.5 Å². The zero-order valence-corrected chi connectivity index (χ0v) is 18.5. The number of fused-ring (bicyclic) bond motifs is 1. The number of imidazole rings is 1. The number of halogens is 1. The summed E-state index contributed by atoms with van der Waals surface area (Å²) >= 11 is 3.38. The number of amides is 1. The van der Waals surface area contributed by atoms with Gasteiger partial charge < -0.3 is 20.5 Å². The van der Waals surface area contributed by atoms with Crippen LogP contribution in [-0.4, -0.2) is 61.0 Å². The molecule has 0 spiro atoms. The van der Waals surface area contributed by atoms with Crippen molar-refractivity contribution in [1.29, 1.82) is 0 Å². The molecule has 5 rings (SSSR count). The Bertz CT molecular complexity index is 1090. The molecular weight excluding hydrogens is 448 g/mol. The van der Waals surface area contributed by atoms with Gasteiger partial charge in [0.05, 0.1) is 18.1 Å². The molecule has 2 atom stereocenters. The molecule has 3 N–H and O–H groups in total. The maximum Gasteiger partial charge on any atom is 0.275 e. The number of aryl methyl sites for hydroxylation is 1. The number of nitrogens with one attached hydrogen (secondary N) is 1. The predicted octanol–water partition coefficient (Wildman–Crippen LogP) is 2.43. The second-order valence-electron chi connectivity index (χ2n) is 8.19. The fourth-order valence-electron chi connectivity index (χ4n) is 4.53. The third-order valence-corrected chi connectivity index (χ3v) is 6.65. The Kier molecular flexibility index (Phi) is 4.98. The lowest BCUT2D eigenvalue weighted by Crippen LogP contribution is -2.39. The maximum atomic E-state index is 13.1. The van der Waals surface area contributed by atoms with Gasteiger partial charge in [0.1, 0.15) is 10.4 Å². The number of H-pyrrole nitrogens is 1. The quantitative estimate of drug-likeness (QED) is 0.605. The summed E-state index contributed by atoms with van der Waals surface area (Å²) < 4.78 is 2.43. The molecule has 9 nitrogen and oxygen atoms in total. The summed E-state index contributed by atoms with van der Waals surface area (Å²) in [4.78, 5) is 29.3. The normalized spacial score (nSPS) is 22.2. The minimum absolute atomic E-state index is 0.0826. The second kappa shape index (κ2) is 7.66. The highest BCUT2D eigenvalue weighted by Gasteiger charge is 2.32. The van der Waals surface area contributed by atoms with E-state index in [0.29, 0.717) is 16.8 Å². The lowest BCUT2D eigenvalue weighted by molar-refractivity contribution is 0.0599. The van der Waals surface area contributed by atoms with Crippen molar-refractivity contribution in [2.24, 2.45) is 5.73 Å². The zero-order chi connectivity index (χ0) is 20.8. The molecule has 5 heterocycles.